The zero-order valence-corrected chi connectivity index (χ0v) is 44.7. The van der Waals surface area contributed by atoms with Crippen molar-refractivity contribution in [3.05, 3.63) is 48.6 Å². The van der Waals surface area contributed by atoms with E-state index in [1.54, 1.807) is 18.2 Å². The zero-order valence-electron chi connectivity index (χ0n) is 43.0. The molecule has 0 aromatic carbocycles. The third-order valence-electron chi connectivity index (χ3n) is 11.6. The lowest BCUT2D eigenvalue weighted by Gasteiger charge is -2.23. The molecule has 0 heterocycles. The van der Waals surface area contributed by atoms with Crippen LogP contribution in [0.4, 0.5) is 0 Å². The number of phosphoric ester groups is 1. The average Bonchev–Trinajstić information content (AvgIpc) is 3.32. The van der Waals surface area contributed by atoms with Gasteiger partial charge in [-0.3, -0.25) is 28.2 Å². The average molecular weight is 1030 g/mol. The Bertz CT molecular complexity index is 1500. The number of aliphatic hydroxyl groups is 1. The van der Waals surface area contributed by atoms with Crippen molar-refractivity contribution in [2.45, 2.75) is 236 Å². The molecular formula is C53H95N2O13PS. The summed E-state index contributed by atoms with van der Waals surface area (Å²) >= 11 is 1.16. The fourth-order valence-corrected chi connectivity index (χ4v) is 9.16. The molecular weight excluding hydrogens is 936 g/mol. The molecule has 0 aromatic heterocycles. The van der Waals surface area contributed by atoms with Gasteiger partial charge in [0, 0.05) is 23.8 Å². The molecule has 70 heavy (non-hydrogen) atoms. The smallest absolute Gasteiger partial charge is 0.472 e. The van der Waals surface area contributed by atoms with Crippen molar-refractivity contribution >= 4 is 43.5 Å². The van der Waals surface area contributed by atoms with Crippen molar-refractivity contribution in [1.82, 2.24) is 0 Å². The number of aliphatic carboxylic acids is 2. The Labute approximate surface area is 426 Å². The summed E-state index contributed by atoms with van der Waals surface area (Å²) in [4.78, 5) is 58.2. The van der Waals surface area contributed by atoms with Gasteiger partial charge in [0.2, 0.25) is 0 Å². The number of allylic oxidation sites excluding steroid dienone is 7. The molecule has 0 spiro atoms. The van der Waals surface area contributed by atoms with Gasteiger partial charge in [0.25, 0.3) is 0 Å². The van der Waals surface area contributed by atoms with Crippen molar-refractivity contribution in [3.63, 3.8) is 0 Å². The second-order valence-electron chi connectivity index (χ2n) is 18.2. The minimum atomic E-state index is -4.88. The summed E-state index contributed by atoms with van der Waals surface area (Å²) in [5, 5.41) is 28.4. The van der Waals surface area contributed by atoms with Crippen molar-refractivity contribution < 1.29 is 62.5 Å². The predicted molar refractivity (Wildman–Crippen MR) is 282 cm³/mol. The summed E-state index contributed by atoms with van der Waals surface area (Å²) in [6.45, 7) is 2.30. The molecule has 6 atom stereocenters. The van der Waals surface area contributed by atoms with Gasteiger partial charge in [-0.15, -0.1) is 11.8 Å². The lowest BCUT2D eigenvalue weighted by Crippen LogP contribution is -2.40. The lowest BCUT2D eigenvalue weighted by atomic mass is 10.0. The highest BCUT2D eigenvalue weighted by atomic mass is 32.2. The summed E-state index contributed by atoms with van der Waals surface area (Å²) in [6, 6.07) is -2.86. The van der Waals surface area contributed by atoms with Crippen molar-refractivity contribution in [2.24, 2.45) is 11.5 Å². The van der Waals surface area contributed by atoms with Crippen LogP contribution in [0.5, 0.6) is 0 Å². The number of nitrogens with two attached hydrogens (primary N) is 2. The Morgan fingerprint density at radius 2 is 1.11 bits per heavy atom. The maximum Gasteiger partial charge on any atom is 0.472 e. The first-order valence-corrected chi connectivity index (χ1v) is 29.1. The Kier molecular flexibility index (Phi) is 45.3. The van der Waals surface area contributed by atoms with E-state index in [1.165, 1.54) is 122 Å². The first kappa shape index (κ1) is 67.2. The van der Waals surface area contributed by atoms with Gasteiger partial charge in [-0.05, 0) is 38.5 Å². The molecule has 0 amide bonds. The molecule has 406 valence electrons. The maximum absolute atomic E-state index is 13.2. The highest BCUT2D eigenvalue weighted by molar-refractivity contribution is 8.00. The van der Waals surface area contributed by atoms with Crippen molar-refractivity contribution in [1.29, 1.82) is 0 Å². The zero-order chi connectivity index (χ0) is 51.9. The minimum Gasteiger partial charge on any atom is -0.481 e. The van der Waals surface area contributed by atoms with E-state index >= 15 is 0 Å². The molecule has 0 bridgehead atoms. The number of phosphoric acid groups is 1. The number of carboxylic acid groups (broad SMARTS) is 2. The molecule has 0 fully saturated rings. The van der Waals surface area contributed by atoms with Crippen LogP contribution in [-0.4, -0.2) is 99.2 Å². The minimum absolute atomic E-state index is 0.0421. The molecule has 0 saturated carbocycles. The number of thioether (sulfide) groups is 1. The Morgan fingerprint density at radius 3 is 1.66 bits per heavy atom. The number of carbonyl (C=O) groups is 4. The third-order valence-corrected chi connectivity index (χ3v) is 13.9. The topological polar surface area (TPSA) is 255 Å². The molecule has 0 aliphatic carbocycles. The largest absolute Gasteiger partial charge is 0.481 e. The lowest BCUT2D eigenvalue weighted by molar-refractivity contribution is -0.161. The van der Waals surface area contributed by atoms with E-state index in [4.69, 9.17) is 35.7 Å². The number of hydrogen-bond donors (Lipinski definition) is 6. The van der Waals surface area contributed by atoms with Crippen LogP contribution in [0.25, 0.3) is 0 Å². The van der Waals surface area contributed by atoms with Crippen LogP contribution in [0.1, 0.15) is 206 Å². The van der Waals surface area contributed by atoms with Crippen LogP contribution in [0.2, 0.25) is 0 Å². The third kappa shape index (κ3) is 43.9. The number of carbonyl (C=O) groups excluding carboxylic acids is 2. The van der Waals surface area contributed by atoms with Gasteiger partial charge in [-0.2, -0.15) is 0 Å². The molecule has 0 aromatic rings. The van der Waals surface area contributed by atoms with Crippen molar-refractivity contribution in [3.8, 4) is 0 Å². The van der Waals surface area contributed by atoms with Gasteiger partial charge < -0.3 is 41.2 Å². The number of hydrogen-bond acceptors (Lipinski definition) is 13. The first-order chi connectivity index (χ1) is 33.7. The van der Waals surface area contributed by atoms with Crippen molar-refractivity contribution in [2.75, 3.05) is 25.6 Å². The van der Waals surface area contributed by atoms with E-state index in [9.17, 15) is 33.7 Å². The molecule has 0 aliphatic rings. The standard InChI is InChI=1S/C53H95N2O13PS/c1-3-5-7-9-11-13-15-17-18-19-20-21-22-23-24-25-27-29-31-33-35-40-51(59)65-41-45(42-66-69(63,64)67-43-46(54)52(60)61)68-53(62)47(55)44-70-49(48(56)37-36-39-50(57)58)38-34-32-30-28-26-16-14-12-10-8-6-4-2/h12,14,26,28,30,32,34,38,45-49,56H,3-11,13,15-25,27,29,31,33,35-37,39-44,54-55H2,1-2H3,(H,57,58)(H,60,61)(H,63,64)/b14-12-,28-26-,32-30+,38-34+/t45-,46+,47+,48+,49-/m1/s1. The Hall–Kier alpha value is -2.82. The number of aliphatic hydroxyl groups excluding tert-OH is 1. The normalized spacial score (nSPS) is 15.1. The summed E-state index contributed by atoms with van der Waals surface area (Å²) < 4.78 is 33.0. The summed E-state index contributed by atoms with van der Waals surface area (Å²) in [5.74, 6) is -3.99. The number of unbranched alkanes of at least 4 members (excludes halogenated alkanes) is 23. The number of ether oxygens (including phenoxy) is 2. The number of rotatable bonds is 50. The number of carboxylic acids is 2. The molecule has 15 nitrogen and oxygen atoms in total. The highest BCUT2D eigenvalue weighted by Crippen LogP contribution is 2.43. The molecule has 0 radical (unpaired) electrons. The molecule has 0 saturated heterocycles. The van der Waals surface area contributed by atoms with Gasteiger partial charge >= 0.3 is 31.7 Å². The summed E-state index contributed by atoms with van der Waals surface area (Å²) in [6.07, 6.45) is 45.1. The van der Waals surface area contributed by atoms with E-state index in [2.05, 4.69) is 30.5 Å². The van der Waals surface area contributed by atoms with Crippen LogP contribution in [0.3, 0.4) is 0 Å². The first-order valence-electron chi connectivity index (χ1n) is 26.6. The molecule has 17 heteroatoms. The second kappa shape index (κ2) is 47.2. The molecule has 0 rings (SSSR count). The summed E-state index contributed by atoms with van der Waals surface area (Å²) in [7, 11) is -4.88. The fourth-order valence-electron chi connectivity index (χ4n) is 7.26. The van der Waals surface area contributed by atoms with Crippen LogP contribution in [0, 0.1) is 0 Å². The monoisotopic (exact) mass is 1030 g/mol. The van der Waals surface area contributed by atoms with Crippen LogP contribution in [0.15, 0.2) is 48.6 Å². The van der Waals surface area contributed by atoms with Gasteiger partial charge in [-0.25, -0.2) is 4.57 Å². The van der Waals surface area contributed by atoms with E-state index in [0.29, 0.717) is 6.42 Å². The van der Waals surface area contributed by atoms with Gasteiger partial charge in [0.1, 0.15) is 18.7 Å². The SMILES string of the molecule is CCCCC/C=C\C\C=C/C=C/C=C/[C@@H](SC[C@H](N)C(=O)O[C@H](COC(=O)CCCCCCCCCCCCCCCCCCCCCCC)COP(=O)(O)OC[C@H](N)C(=O)O)[C@@H](O)CCCC(=O)O. The quantitative estimate of drug-likeness (QED) is 0.0109. The Morgan fingerprint density at radius 1 is 0.600 bits per heavy atom. The van der Waals surface area contributed by atoms with E-state index < -0.39 is 81.1 Å². The predicted octanol–water partition coefficient (Wildman–Crippen LogP) is 11.8. The van der Waals surface area contributed by atoms with Crippen LogP contribution in [-0.2, 0) is 42.3 Å². The maximum atomic E-state index is 13.2. The molecule has 0 aliphatic heterocycles. The van der Waals surface area contributed by atoms with E-state index in [1.807, 2.05) is 18.2 Å². The second-order valence-corrected chi connectivity index (χ2v) is 20.9. The van der Waals surface area contributed by atoms with Gasteiger partial charge in [0.15, 0.2) is 6.10 Å². The fraction of sp³-hybridized carbons (Fsp3) is 0.774. The Balaban J connectivity index is 5.00. The molecule has 8 N–H and O–H groups in total. The van der Waals surface area contributed by atoms with Crippen LogP contribution < -0.4 is 11.5 Å². The van der Waals surface area contributed by atoms with Crippen LogP contribution >= 0.6 is 19.6 Å². The highest BCUT2D eigenvalue weighted by Gasteiger charge is 2.30. The van der Waals surface area contributed by atoms with Gasteiger partial charge in [-0.1, -0.05) is 204 Å². The van der Waals surface area contributed by atoms with E-state index in [0.717, 1.165) is 50.3 Å². The molecule has 1 unspecified atom stereocenters. The van der Waals surface area contributed by atoms with Gasteiger partial charge in [0.05, 0.1) is 19.3 Å². The summed E-state index contributed by atoms with van der Waals surface area (Å²) in [5.41, 5.74) is 11.6. The number of esters is 2. The van der Waals surface area contributed by atoms with E-state index in [-0.39, 0.29) is 31.4 Å².